The van der Waals surface area contributed by atoms with Crippen LogP contribution in [0.3, 0.4) is 0 Å². The first-order valence-corrected chi connectivity index (χ1v) is 6.12. The van der Waals surface area contributed by atoms with Gasteiger partial charge in [0.25, 0.3) is 5.91 Å². The third kappa shape index (κ3) is 2.62. The summed E-state index contributed by atoms with van der Waals surface area (Å²) in [5, 5.41) is 0. The van der Waals surface area contributed by atoms with Crippen molar-refractivity contribution < 1.29 is 9.53 Å². The maximum Gasteiger partial charge on any atom is 0.254 e. The van der Waals surface area contributed by atoms with Crippen LogP contribution in [-0.4, -0.2) is 36.6 Å². The Hall–Kier alpha value is -0.870. The van der Waals surface area contributed by atoms with E-state index in [1.54, 1.807) is 0 Å². The molecule has 1 atom stereocenters. The second kappa shape index (κ2) is 4.97. The van der Waals surface area contributed by atoms with Crippen molar-refractivity contribution in [2.24, 2.45) is 0 Å². The van der Waals surface area contributed by atoms with E-state index in [2.05, 4.69) is 15.9 Å². The molecule has 1 fully saturated rings. The molecular formula is C12H14BrNO2. The van der Waals surface area contributed by atoms with Gasteiger partial charge in [-0.25, -0.2) is 0 Å². The molecule has 0 spiro atoms. The minimum atomic E-state index is 0.0800. The minimum Gasteiger partial charge on any atom is -0.375 e. The van der Waals surface area contributed by atoms with Gasteiger partial charge in [0.05, 0.1) is 12.7 Å². The molecule has 3 nitrogen and oxygen atoms in total. The number of hydrogen-bond donors (Lipinski definition) is 0. The van der Waals surface area contributed by atoms with Crippen molar-refractivity contribution in [3.05, 3.63) is 34.3 Å². The van der Waals surface area contributed by atoms with Gasteiger partial charge in [0, 0.05) is 23.1 Å². The number of amides is 1. The highest BCUT2D eigenvalue weighted by Crippen LogP contribution is 2.15. The van der Waals surface area contributed by atoms with Crippen LogP contribution in [0.15, 0.2) is 28.7 Å². The largest absolute Gasteiger partial charge is 0.375 e. The van der Waals surface area contributed by atoms with Crippen molar-refractivity contribution in [1.82, 2.24) is 4.90 Å². The summed E-state index contributed by atoms with van der Waals surface area (Å²) < 4.78 is 6.34. The summed E-state index contributed by atoms with van der Waals surface area (Å²) in [6.45, 7) is 3.96. The van der Waals surface area contributed by atoms with Gasteiger partial charge in [-0.2, -0.15) is 0 Å². The van der Waals surface area contributed by atoms with Gasteiger partial charge in [0.1, 0.15) is 0 Å². The van der Waals surface area contributed by atoms with E-state index < -0.39 is 0 Å². The molecule has 0 bridgehead atoms. The lowest BCUT2D eigenvalue weighted by molar-refractivity contribution is -0.0124. The smallest absolute Gasteiger partial charge is 0.254 e. The van der Waals surface area contributed by atoms with Crippen molar-refractivity contribution in [3.8, 4) is 0 Å². The summed E-state index contributed by atoms with van der Waals surface area (Å²) in [6, 6.07) is 7.48. The monoisotopic (exact) mass is 283 g/mol. The van der Waals surface area contributed by atoms with E-state index in [4.69, 9.17) is 4.74 Å². The molecule has 0 radical (unpaired) electrons. The van der Waals surface area contributed by atoms with E-state index >= 15 is 0 Å². The Kier molecular flexibility index (Phi) is 3.61. The number of morpholine rings is 1. The summed E-state index contributed by atoms with van der Waals surface area (Å²) in [5.74, 6) is 0.0800. The van der Waals surface area contributed by atoms with Gasteiger partial charge in [-0.05, 0) is 25.1 Å². The maximum atomic E-state index is 12.1. The van der Waals surface area contributed by atoms with Crippen LogP contribution >= 0.6 is 15.9 Å². The van der Waals surface area contributed by atoms with Gasteiger partial charge in [-0.15, -0.1) is 0 Å². The van der Waals surface area contributed by atoms with Crippen LogP contribution in [0.4, 0.5) is 0 Å². The molecule has 0 unspecified atom stereocenters. The Balaban J connectivity index is 2.12. The van der Waals surface area contributed by atoms with Gasteiger partial charge in [-0.1, -0.05) is 22.0 Å². The Morgan fingerprint density at radius 1 is 1.56 bits per heavy atom. The molecule has 1 aromatic carbocycles. The highest BCUT2D eigenvalue weighted by Gasteiger charge is 2.22. The standard InChI is InChI=1S/C12H14BrNO2/c1-9-8-14(5-6-16-9)12(15)10-3-2-4-11(13)7-10/h2-4,7,9H,5-6,8H2,1H3/t9-/m1/s1. The van der Waals surface area contributed by atoms with Crippen molar-refractivity contribution in [2.75, 3.05) is 19.7 Å². The number of ether oxygens (including phenoxy) is 1. The molecule has 4 heteroatoms. The number of carbonyl (C=O) groups is 1. The fourth-order valence-corrected chi connectivity index (χ4v) is 2.21. The third-order valence-corrected chi connectivity index (χ3v) is 3.09. The molecule has 1 saturated heterocycles. The highest BCUT2D eigenvalue weighted by molar-refractivity contribution is 9.10. The highest BCUT2D eigenvalue weighted by atomic mass is 79.9. The second-order valence-corrected chi connectivity index (χ2v) is 4.86. The summed E-state index contributed by atoms with van der Waals surface area (Å²) >= 11 is 3.37. The number of rotatable bonds is 1. The van der Waals surface area contributed by atoms with Crippen LogP contribution < -0.4 is 0 Å². The molecule has 1 aliphatic rings. The van der Waals surface area contributed by atoms with Gasteiger partial charge < -0.3 is 9.64 Å². The molecule has 16 heavy (non-hydrogen) atoms. The Morgan fingerprint density at radius 2 is 2.38 bits per heavy atom. The molecule has 1 amide bonds. The first-order valence-electron chi connectivity index (χ1n) is 5.33. The van der Waals surface area contributed by atoms with Crippen LogP contribution in [0, 0.1) is 0 Å². The van der Waals surface area contributed by atoms with Gasteiger partial charge in [0.15, 0.2) is 0 Å². The molecule has 0 saturated carbocycles. The molecule has 1 heterocycles. The molecule has 86 valence electrons. The molecule has 1 aliphatic heterocycles. The first-order chi connectivity index (χ1) is 7.66. The number of hydrogen-bond acceptors (Lipinski definition) is 2. The molecule has 0 N–H and O–H groups in total. The zero-order valence-corrected chi connectivity index (χ0v) is 10.7. The van der Waals surface area contributed by atoms with Crippen molar-refractivity contribution in [3.63, 3.8) is 0 Å². The molecular weight excluding hydrogens is 270 g/mol. The van der Waals surface area contributed by atoms with Gasteiger partial charge in [-0.3, -0.25) is 4.79 Å². The summed E-state index contributed by atoms with van der Waals surface area (Å²) in [6.07, 6.45) is 0.129. The number of halogens is 1. The Morgan fingerprint density at radius 3 is 3.06 bits per heavy atom. The minimum absolute atomic E-state index is 0.0800. The lowest BCUT2D eigenvalue weighted by atomic mass is 10.2. The number of carbonyl (C=O) groups excluding carboxylic acids is 1. The average molecular weight is 284 g/mol. The number of benzene rings is 1. The summed E-state index contributed by atoms with van der Waals surface area (Å²) in [5.41, 5.74) is 0.725. The quantitative estimate of drug-likeness (QED) is 0.792. The third-order valence-electron chi connectivity index (χ3n) is 2.60. The second-order valence-electron chi connectivity index (χ2n) is 3.94. The van der Waals surface area contributed by atoms with E-state index in [9.17, 15) is 4.79 Å². The van der Waals surface area contributed by atoms with Crippen molar-refractivity contribution >= 4 is 21.8 Å². The molecule has 0 aromatic heterocycles. The Bertz CT molecular complexity index is 394. The molecule has 0 aliphatic carbocycles. The zero-order chi connectivity index (χ0) is 11.5. The first kappa shape index (κ1) is 11.6. The van der Waals surface area contributed by atoms with Gasteiger partial charge in [0.2, 0.25) is 0 Å². The molecule has 2 rings (SSSR count). The Labute approximate surface area is 104 Å². The van der Waals surface area contributed by atoms with Crippen LogP contribution in [0.1, 0.15) is 17.3 Å². The number of nitrogens with zero attached hydrogens (tertiary/aromatic N) is 1. The fourth-order valence-electron chi connectivity index (χ4n) is 1.81. The summed E-state index contributed by atoms with van der Waals surface area (Å²) in [4.78, 5) is 14.0. The van der Waals surface area contributed by atoms with Gasteiger partial charge >= 0.3 is 0 Å². The van der Waals surface area contributed by atoms with E-state index in [1.807, 2.05) is 36.1 Å². The van der Waals surface area contributed by atoms with E-state index in [-0.39, 0.29) is 12.0 Å². The lowest BCUT2D eigenvalue weighted by Crippen LogP contribution is -2.44. The van der Waals surface area contributed by atoms with E-state index in [1.165, 1.54) is 0 Å². The predicted molar refractivity (Wildman–Crippen MR) is 65.5 cm³/mol. The lowest BCUT2D eigenvalue weighted by Gasteiger charge is -2.31. The fraction of sp³-hybridized carbons (Fsp3) is 0.417. The van der Waals surface area contributed by atoms with Crippen molar-refractivity contribution in [2.45, 2.75) is 13.0 Å². The average Bonchev–Trinajstić information content (AvgIpc) is 2.28. The van der Waals surface area contributed by atoms with E-state index in [0.717, 1.165) is 10.0 Å². The molecule has 1 aromatic rings. The maximum absolute atomic E-state index is 12.1. The van der Waals surface area contributed by atoms with Crippen LogP contribution in [0.5, 0.6) is 0 Å². The topological polar surface area (TPSA) is 29.5 Å². The van der Waals surface area contributed by atoms with E-state index in [0.29, 0.717) is 19.7 Å². The SMILES string of the molecule is C[C@@H]1CN(C(=O)c2cccc(Br)c2)CCO1. The van der Waals surface area contributed by atoms with Crippen molar-refractivity contribution in [1.29, 1.82) is 0 Å². The normalized spacial score (nSPS) is 20.9. The van der Waals surface area contributed by atoms with Crippen LogP contribution in [0.2, 0.25) is 0 Å². The van der Waals surface area contributed by atoms with Crippen LogP contribution in [0.25, 0.3) is 0 Å². The predicted octanol–water partition coefficient (Wildman–Crippen LogP) is 2.31. The van der Waals surface area contributed by atoms with Crippen LogP contribution in [-0.2, 0) is 4.74 Å². The summed E-state index contributed by atoms with van der Waals surface area (Å²) in [7, 11) is 0. The zero-order valence-electron chi connectivity index (χ0n) is 9.15.